The molecular formula is C59H68Cl2N6O2. The molecule has 10 rings (SSSR count). The summed E-state index contributed by atoms with van der Waals surface area (Å²) in [5.74, 6) is 0. The zero-order valence-corrected chi connectivity index (χ0v) is 42.6. The number of halogens is 2. The molecule has 0 saturated carbocycles. The monoisotopic (exact) mass is 962 g/mol. The summed E-state index contributed by atoms with van der Waals surface area (Å²) >= 11 is 9.53. The highest BCUT2D eigenvalue weighted by molar-refractivity contribution is 6.40. The Bertz CT molecular complexity index is 2560. The molecule has 6 aromatic carbocycles. The summed E-state index contributed by atoms with van der Waals surface area (Å²) in [5.41, 5.74) is 21.6. The molecule has 4 aliphatic heterocycles. The molecule has 69 heavy (non-hydrogen) atoms. The number of isocyanates is 1. The van der Waals surface area contributed by atoms with Gasteiger partial charge in [0.05, 0.1) is 5.34 Å². The lowest BCUT2D eigenvalue weighted by Gasteiger charge is -2.50. The number of aliphatic imine (C=N–C) groups is 1. The first-order valence-corrected chi connectivity index (χ1v) is 25.4. The number of carbonyl (C=O) groups is 1. The van der Waals surface area contributed by atoms with Crippen LogP contribution in [0.5, 0.6) is 0 Å². The van der Waals surface area contributed by atoms with E-state index in [9.17, 15) is 4.79 Å². The molecule has 4 atom stereocenters. The van der Waals surface area contributed by atoms with Gasteiger partial charge in [0.1, 0.15) is 0 Å². The van der Waals surface area contributed by atoms with E-state index in [1.54, 1.807) is 6.92 Å². The van der Waals surface area contributed by atoms with Gasteiger partial charge in [-0.25, -0.2) is 14.6 Å². The van der Waals surface area contributed by atoms with Crippen molar-refractivity contribution in [1.82, 2.24) is 5.32 Å². The maximum atomic E-state index is 12.5. The zero-order valence-electron chi connectivity index (χ0n) is 41.1. The smallest absolute Gasteiger partial charge is 0.319 e. The number of benzene rings is 6. The highest BCUT2D eigenvalue weighted by atomic mass is 35.5. The molecule has 0 aliphatic carbocycles. The number of nitrogens with one attached hydrogen (secondary N) is 2. The van der Waals surface area contributed by atoms with E-state index in [1.807, 2.05) is 6.92 Å². The van der Waals surface area contributed by atoms with E-state index >= 15 is 0 Å². The fourth-order valence-electron chi connectivity index (χ4n) is 11.2. The minimum Gasteiger partial charge on any atom is -0.399 e. The van der Waals surface area contributed by atoms with E-state index in [2.05, 4.69) is 199 Å². The molecule has 0 bridgehead atoms. The number of alkyl halides is 2. The Morgan fingerprint density at radius 2 is 0.884 bits per heavy atom. The highest BCUT2D eigenvalue weighted by Crippen LogP contribution is 2.55. The van der Waals surface area contributed by atoms with Gasteiger partial charge in [-0.15, -0.1) is 23.2 Å². The summed E-state index contributed by atoms with van der Waals surface area (Å²) in [6, 6.07) is 52.3. The number of urea groups is 1. The number of rotatable bonds is 7. The summed E-state index contributed by atoms with van der Waals surface area (Å²) in [5, 5.41) is 6.19. The van der Waals surface area contributed by atoms with Crippen molar-refractivity contribution in [3.8, 4) is 0 Å². The van der Waals surface area contributed by atoms with Crippen molar-refractivity contribution in [2.24, 2.45) is 4.99 Å². The van der Waals surface area contributed by atoms with Crippen LogP contribution in [-0.4, -0.2) is 56.7 Å². The molecule has 4 N–H and O–H groups in total. The summed E-state index contributed by atoms with van der Waals surface area (Å²) in [4.78, 5) is 29.9. The fraction of sp³-hybridized carbons (Fsp3) is 0.356. The number of carbonyl (C=O) groups excluding carboxylic acids is 2. The quantitative estimate of drug-likeness (QED) is 0.0640. The van der Waals surface area contributed by atoms with Crippen LogP contribution in [0.1, 0.15) is 112 Å². The van der Waals surface area contributed by atoms with Crippen LogP contribution in [0.2, 0.25) is 0 Å². The van der Waals surface area contributed by atoms with E-state index in [0.717, 1.165) is 63.2 Å². The third-order valence-electron chi connectivity index (χ3n) is 15.2. The van der Waals surface area contributed by atoms with Gasteiger partial charge in [-0.3, -0.25) is 0 Å². The van der Waals surface area contributed by atoms with Gasteiger partial charge >= 0.3 is 6.03 Å². The summed E-state index contributed by atoms with van der Waals surface area (Å²) in [6.45, 7) is 18.6. The Morgan fingerprint density at radius 3 is 1.14 bits per heavy atom. The molecule has 0 spiro atoms. The van der Waals surface area contributed by atoms with Crippen LogP contribution in [0.3, 0.4) is 0 Å². The SMILES string of the molecule is CCN=C=O.CCNC(=O)Nc1cc2c3c(c1)[C@](C)(c1ccccc1)CCN3CC[C@@]2(C)c1ccccc1.C[C@@]1(c2ccccc2)CCN2CC[C@@](C)(c3ccccc3)c3cc(N)cc1c32.ClCCl. The van der Waals surface area contributed by atoms with Crippen molar-refractivity contribution in [3.05, 3.63) is 190 Å². The van der Waals surface area contributed by atoms with Crippen LogP contribution in [-0.2, 0) is 26.5 Å². The topological polar surface area (TPSA) is 103 Å². The van der Waals surface area contributed by atoms with Crippen molar-refractivity contribution >= 4 is 58.1 Å². The molecule has 360 valence electrons. The molecule has 0 aromatic heterocycles. The summed E-state index contributed by atoms with van der Waals surface area (Å²) in [7, 11) is 0. The Labute approximate surface area is 420 Å². The molecule has 0 radical (unpaired) electrons. The highest BCUT2D eigenvalue weighted by Gasteiger charge is 2.46. The molecule has 0 unspecified atom stereocenters. The van der Waals surface area contributed by atoms with E-state index in [4.69, 9.17) is 33.7 Å². The number of nitrogens with zero attached hydrogens (tertiary/aromatic N) is 3. The summed E-state index contributed by atoms with van der Waals surface area (Å²) in [6.07, 6.45) is 5.74. The van der Waals surface area contributed by atoms with Crippen LogP contribution in [0.4, 0.5) is 27.5 Å². The van der Waals surface area contributed by atoms with E-state index in [0.29, 0.717) is 13.1 Å². The largest absolute Gasteiger partial charge is 0.399 e. The number of hydrogen-bond acceptors (Lipinski definition) is 6. The van der Waals surface area contributed by atoms with Crippen molar-refractivity contribution < 1.29 is 9.59 Å². The van der Waals surface area contributed by atoms with Gasteiger partial charge in [-0.1, -0.05) is 149 Å². The van der Waals surface area contributed by atoms with Crippen molar-refractivity contribution in [1.29, 1.82) is 0 Å². The minimum absolute atomic E-state index is 0.00778. The van der Waals surface area contributed by atoms with Gasteiger partial charge in [0.15, 0.2) is 0 Å². The van der Waals surface area contributed by atoms with Gasteiger partial charge in [0.25, 0.3) is 0 Å². The molecule has 4 aliphatic rings. The molecule has 6 aromatic rings. The maximum Gasteiger partial charge on any atom is 0.319 e. The lowest BCUT2D eigenvalue weighted by molar-refractivity contribution is 0.252. The number of nitrogens with two attached hydrogens (primary N) is 1. The standard InChI is InChI=1S/C29H33N3O.C26H28N2.C3H5NO.CH2Cl2/c1-4-30-27(33)31-23-19-24-26-25(20-23)29(3,22-13-9-6-10-14-22)16-18-32(26)17-15-28(24,2)21-11-7-5-8-12-21;1-25(19-9-5-3-6-10-19)13-15-28-16-14-26(2,20-11-7-4-8-12-20)23-18-21(27)17-22(25)24(23)28;1-2-4-3-5;2-1-3/h5-14,19-20H,4,15-18H2,1-3H3,(H2,30,31,33);3-12,17-18H,13-16,27H2,1-2H3;2H2,1H3;1H2/t28-,29-;25-,26-;;/m00../s1. The minimum atomic E-state index is -0.157. The fourth-order valence-corrected chi connectivity index (χ4v) is 11.2. The molecular weight excluding hydrogens is 896 g/mol. The Kier molecular flexibility index (Phi) is 16.3. The molecule has 10 heteroatoms. The molecule has 0 saturated heterocycles. The lowest BCUT2D eigenvalue weighted by Crippen LogP contribution is -2.47. The van der Waals surface area contributed by atoms with E-state index in [-0.39, 0.29) is 33.0 Å². The predicted octanol–water partition coefficient (Wildman–Crippen LogP) is 13.3. The second-order valence-corrected chi connectivity index (χ2v) is 20.1. The Hall–Kier alpha value is -6.05. The number of hydrogen-bond donors (Lipinski definition) is 3. The first-order chi connectivity index (χ1) is 33.3. The third-order valence-corrected chi connectivity index (χ3v) is 15.2. The third kappa shape index (κ3) is 10.3. The number of amides is 2. The second-order valence-electron chi connectivity index (χ2n) is 19.3. The Balaban J connectivity index is 0.000000178. The Morgan fingerprint density at radius 1 is 0.580 bits per heavy atom. The van der Waals surface area contributed by atoms with Gasteiger partial charge in [-0.2, -0.15) is 0 Å². The van der Waals surface area contributed by atoms with Crippen LogP contribution in [0.25, 0.3) is 0 Å². The van der Waals surface area contributed by atoms with E-state index < -0.39 is 0 Å². The van der Waals surface area contributed by atoms with Gasteiger partial charge < -0.3 is 26.2 Å². The first-order valence-electron chi connectivity index (χ1n) is 24.4. The van der Waals surface area contributed by atoms with Gasteiger partial charge in [-0.05, 0) is 108 Å². The maximum absolute atomic E-state index is 12.5. The van der Waals surface area contributed by atoms with Gasteiger partial charge in [0.2, 0.25) is 6.08 Å². The number of anilines is 4. The molecule has 0 fully saturated rings. The van der Waals surface area contributed by atoms with Crippen molar-refractivity contribution in [3.63, 3.8) is 0 Å². The molecule has 8 nitrogen and oxygen atoms in total. The zero-order chi connectivity index (χ0) is 49.2. The second kappa shape index (κ2) is 22.1. The van der Waals surface area contributed by atoms with E-state index in [1.165, 1.54) is 62.0 Å². The first kappa shape index (κ1) is 50.8. The van der Waals surface area contributed by atoms with Crippen LogP contribution in [0.15, 0.2) is 151 Å². The number of nitrogen functional groups attached to an aromatic ring is 1. The van der Waals surface area contributed by atoms with Crippen LogP contribution < -0.4 is 26.2 Å². The normalized spacial score (nSPS) is 22.5. The average molecular weight is 964 g/mol. The summed E-state index contributed by atoms with van der Waals surface area (Å²) < 4.78 is 0. The molecule has 2 amide bonds. The van der Waals surface area contributed by atoms with Crippen LogP contribution in [0, 0.1) is 0 Å². The predicted molar refractivity (Wildman–Crippen MR) is 290 cm³/mol. The lowest BCUT2D eigenvalue weighted by atomic mass is 9.64. The molecule has 4 heterocycles. The van der Waals surface area contributed by atoms with Crippen molar-refractivity contribution in [2.75, 3.05) is 65.5 Å². The van der Waals surface area contributed by atoms with Gasteiger partial charge in [0, 0.05) is 83.7 Å². The van der Waals surface area contributed by atoms with Crippen LogP contribution >= 0.6 is 23.2 Å². The van der Waals surface area contributed by atoms with Crippen molar-refractivity contribution in [2.45, 2.75) is 88.9 Å². The average Bonchev–Trinajstić information content (AvgIpc) is 3.37.